The van der Waals surface area contributed by atoms with Crippen molar-refractivity contribution in [2.24, 2.45) is 10.7 Å². The zero-order valence-electron chi connectivity index (χ0n) is 24.5. The molecule has 1 unspecified atom stereocenters. The van der Waals surface area contributed by atoms with Gasteiger partial charge in [0.25, 0.3) is 0 Å². The average molecular weight is 563 g/mol. The van der Waals surface area contributed by atoms with Gasteiger partial charge in [0.2, 0.25) is 0 Å². The van der Waals surface area contributed by atoms with Crippen LogP contribution in [0.5, 0.6) is 5.75 Å². The standard InChI is InChI=1S/C31H38N4O6/c1-30(2,3)40-28(37)34-27(32)21-14-12-20(13-15-21)19-35(29(38)41-31(4,5)6)25-18-22(16-17-33-25)26(36)23-10-8-9-11-24(23)39-7/h8-18,26,36H,19H2,1-7H3,(H2,32,34,37). The molecule has 3 N–H and O–H groups in total. The quantitative estimate of drug-likeness (QED) is 0.274. The topological polar surface area (TPSA) is 137 Å². The van der Waals surface area contributed by atoms with Crippen LogP contribution in [0.3, 0.4) is 0 Å². The number of pyridine rings is 1. The molecule has 0 bridgehead atoms. The van der Waals surface area contributed by atoms with Gasteiger partial charge in [0, 0.05) is 17.3 Å². The summed E-state index contributed by atoms with van der Waals surface area (Å²) in [5.41, 5.74) is 6.93. The molecule has 3 rings (SSSR count). The predicted octanol–water partition coefficient (Wildman–Crippen LogP) is 5.75. The zero-order chi connectivity index (χ0) is 30.4. The van der Waals surface area contributed by atoms with Crippen molar-refractivity contribution in [3.63, 3.8) is 0 Å². The third kappa shape index (κ3) is 9.04. The van der Waals surface area contributed by atoms with Crippen molar-refractivity contribution in [3.8, 4) is 5.75 Å². The number of benzene rings is 2. The molecule has 218 valence electrons. The molecule has 2 aromatic carbocycles. The summed E-state index contributed by atoms with van der Waals surface area (Å²) >= 11 is 0. The Bertz CT molecular complexity index is 1390. The Morgan fingerprint density at radius 3 is 2.22 bits per heavy atom. The van der Waals surface area contributed by atoms with Gasteiger partial charge in [-0.1, -0.05) is 42.5 Å². The number of hydrogen-bond acceptors (Lipinski definition) is 7. The minimum Gasteiger partial charge on any atom is -0.496 e. The number of aliphatic imine (C=N–C) groups is 1. The number of ether oxygens (including phenoxy) is 3. The van der Waals surface area contributed by atoms with Crippen LogP contribution in [0.25, 0.3) is 0 Å². The number of anilines is 1. The number of aliphatic hydroxyl groups excluding tert-OH is 1. The van der Waals surface area contributed by atoms with E-state index in [2.05, 4.69) is 9.98 Å². The second-order valence-corrected chi connectivity index (χ2v) is 11.3. The first kappa shape index (κ1) is 31.1. The van der Waals surface area contributed by atoms with Gasteiger partial charge in [0.15, 0.2) is 0 Å². The van der Waals surface area contributed by atoms with E-state index >= 15 is 0 Å². The summed E-state index contributed by atoms with van der Waals surface area (Å²) in [6.45, 7) is 10.7. The van der Waals surface area contributed by atoms with E-state index in [0.717, 1.165) is 5.56 Å². The highest BCUT2D eigenvalue weighted by molar-refractivity contribution is 6.02. The number of amides is 2. The van der Waals surface area contributed by atoms with Gasteiger partial charge in [-0.2, -0.15) is 4.99 Å². The molecule has 0 aliphatic heterocycles. The molecule has 0 spiro atoms. The van der Waals surface area contributed by atoms with Gasteiger partial charge in [-0.3, -0.25) is 4.90 Å². The molecule has 2 amide bonds. The molecule has 0 aliphatic carbocycles. The number of nitrogens with two attached hydrogens (primary N) is 1. The molecule has 0 fully saturated rings. The van der Waals surface area contributed by atoms with Gasteiger partial charge in [0.1, 0.15) is 34.7 Å². The van der Waals surface area contributed by atoms with Gasteiger partial charge in [-0.25, -0.2) is 14.6 Å². The maximum absolute atomic E-state index is 13.3. The fourth-order valence-electron chi connectivity index (χ4n) is 3.79. The van der Waals surface area contributed by atoms with Gasteiger partial charge >= 0.3 is 12.2 Å². The summed E-state index contributed by atoms with van der Waals surface area (Å²) in [5.74, 6) is 0.840. The molecular weight excluding hydrogens is 524 g/mol. The van der Waals surface area contributed by atoms with Gasteiger partial charge in [-0.15, -0.1) is 0 Å². The first-order valence-electron chi connectivity index (χ1n) is 13.1. The molecular formula is C31H38N4O6. The lowest BCUT2D eigenvalue weighted by molar-refractivity contribution is 0.0572. The monoisotopic (exact) mass is 562 g/mol. The van der Waals surface area contributed by atoms with Crippen LogP contribution in [0, 0.1) is 0 Å². The van der Waals surface area contributed by atoms with Crippen LogP contribution in [-0.4, -0.2) is 46.4 Å². The lowest BCUT2D eigenvalue weighted by Gasteiger charge is -2.27. The number of carbonyl (C=O) groups is 2. The van der Waals surface area contributed by atoms with Gasteiger partial charge < -0.3 is 25.1 Å². The number of hydrogen-bond donors (Lipinski definition) is 2. The van der Waals surface area contributed by atoms with Crippen molar-refractivity contribution in [1.29, 1.82) is 0 Å². The maximum Gasteiger partial charge on any atom is 0.436 e. The van der Waals surface area contributed by atoms with Crippen molar-refractivity contribution in [3.05, 3.63) is 89.1 Å². The number of amidine groups is 1. The lowest BCUT2D eigenvalue weighted by Crippen LogP contribution is -2.37. The molecule has 0 radical (unpaired) electrons. The van der Waals surface area contributed by atoms with E-state index in [-0.39, 0.29) is 12.4 Å². The summed E-state index contributed by atoms with van der Waals surface area (Å²) in [6.07, 6.45) is -0.877. The number of methoxy groups -OCH3 is 1. The second kappa shape index (κ2) is 12.8. The predicted molar refractivity (Wildman–Crippen MR) is 157 cm³/mol. The Kier molecular flexibility index (Phi) is 9.72. The smallest absolute Gasteiger partial charge is 0.436 e. The van der Waals surface area contributed by atoms with Crippen LogP contribution in [-0.2, 0) is 16.0 Å². The van der Waals surface area contributed by atoms with Crippen molar-refractivity contribution < 1.29 is 28.9 Å². The minimum atomic E-state index is -1.01. The molecule has 1 aromatic heterocycles. The molecule has 1 heterocycles. The highest BCUT2D eigenvalue weighted by Gasteiger charge is 2.26. The Morgan fingerprint density at radius 2 is 1.61 bits per heavy atom. The number of aromatic nitrogens is 1. The summed E-state index contributed by atoms with van der Waals surface area (Å²) in [7, 11) is 1.54. The third-order valence-corrected chi connectivity index (χ3v) is 5.60. The summed E-state index contributed by atoms with van der Waals surface area (Å²) in [4.78, 5) is 34.9. The van der Waals surface area contributed by atoms with Crippen LogP contribution in [0.2, 0.25) is 0 Å². The Morgan fingerprint density at radius 1 is 0.976 bits per heavy atom. The fourth-order valence-corrected chi connectivity index (χ4v) is 3.79. The summed E-state index contributed by atoms with van der Waals surface area (Å²) in [5, 5.41) is 11.1. The first-order chi connectivity index (χ1) is 19.2. The summed E-state index contributed by atoms with van der Waals surface area (Å²) in [6, 6.07) is 17.4. The third-order valence-electron chi connectivity index (χ3n) is 5.60. The van der Waals surface area contributed by atoms with Crippen molar-refractivity contribution >= 4 is 23.8 Å². The molecule has 1 atom stereocenters. The van der Waals surface area contributed by atoms with E-state index in [1.165, 1.54) is 18.2 Å². The van der Waals surface area contributed by atoms with E-state index in [1.807, 2.05) is 12.1 Å². The van der Waals surface area contributed by atoms with E-state index in [0.29, 0.717) is 28.3 Å². The minimum absolute atomic E-state index is 0.00879. The van der Waals surface area contributed by atoms with E-state index in [4.69, 9.17) is 19.9 Å². The van der Waals surface area contributed by atoms with Crippen LogP contribution >= 0.6 is 0 Å². The van der Waals surface area contributed by atoms with Crippen LogP contribution in [0.15, 0.2) is 71.9 Å². The van der Waals surface area contributed by atoms with Crippen LogP contribution in [0.1, 0.15) is 69.9 Å². The number of aliphatic hydroxyl groups is 1. The highest BCUT2D eigenvalue weighted by atomic mass is 16.6. The maximum atomic E-state index is 13.3. The largest absolute Gasteiger partial charge is 0.496 e. The molecule has 41 heavy (non-hydrogen) atoms. The molecule has 10 heteroatoms. The number of para-hydroxylation sites is 1. The Hall–Kier alpha value is -4.44. The van der Waals surface area contributed by atoms with Crippen molar-refractivity contribution in [2.75, 3.05) is 12.0 Å². The van der Waals surface area contributed by atoms with E-state index < -0.39 is 29.5 Å². The van der Waals surface area contributed by atoms with Crippen LogP contribution in [0.4, 0.5) is 15.4 Å². The highest BCUT2D eigenvalue weighted by Crippen LogP contribution is 2.31. The molecule has 0 aliphatic rings. The molecule has 10 nitrogen and oxygen atoms in total. The fraction of sp³-hybridized carbons (Fsp3) is 0.355. The second-order valence-electron chi connectivity index (χ2n) is 11.3. The lowest BCUT2D eigenvalue weighted by atomic mass is 10.0. The average Bonchev–Trinajstić information content (AvgIpc) is 2.89. The van der Waals surface area contributed by atoms with Crippen LogP contribution < -0.4 is 15.4 Å². The molecule has 0 saturated heterocycles. The zero-order valence-corrected chi connectivity index (χ0v) is 24.5. The van der Waals surface area contributed by atoms with Gasteiger partial charge in [-0.05, 0) is 70.9 Å². The number of rotatable bonds is 7. The van der Waals surface area contributed by atoms with E-state index in [9.17, 15) is 14.7 Å². The molecule has 0 saturated carbocycles. The molecule has 3 aromatic rings. The van der Waals surface area contributed by atoms with Crippen molar-refractivity contribution in [1.82, 2.24) is 4.98 Å². The first-order valence-corrected chi connectivity index (χ1v) is 13.1. The SMILES string of the molecule is COc1ccccc1C(O)c1ccnc(N(Cc2ccc(/C(N)=N/C(=O)OC(C)(C)C)cc2)C(=O)OC(C)(C)C)c1. The number of nitrogens with zero attached hydrogens (tertiary/aromatic N) is 3. The normalized spacial score (nSPS) is 12.8. The van der Waals surface area contributed by atoms with Gasteiger partial charge in [0.05, 0.1) is 13.7 Å². The Balaban J connectivity index is 1.90. The number of carbonyl (C=O) groups excluding carboxylic acids is 2. The summed E-state index contributed by atoms with van der Waals surface area (Å²) < 4.78 is 16.3. The Labute approximate surface area is 240 Å². The van der Waals surface area contributed by atoms with E-state index in [1.54, 1.807) is 90.1 Å². The van der Waals surface area contributed by atoms with Crippen molar-refractivity contribution in [2.45, 2.75) is 65.4 Å².